The number of aromatic nitrogens is 2. The maximum atomic E-state index is 11.9. The van der Waals surface area contributed by atoms with Crippen molar-refractivity contribution < 1.29 is 0 Å². The molecule has 0 radical (unpaired) electrons. The summed E-state index contributed by atoms with van der Waals surface area (Å²) < 4.78 is 0. The highest BCUT2D eigenvalue weighted by Crippen LogP contribution is 2.22. The van der Waals surface area contributed by atoms with Crippen molar-refractivity contribution >= 4 is 34.0 Å². The van der Waals surface area contributed by atoms with Gasteiger partial charge in [0.05, 0.1) is 15.9 Å². The maximum absolute atomic E-state index is 11.9. The molecular formula is C12H7ClN2OS. The summed E-state index contributed by atoms with van der Waals surface area (Å²) in [4.78, 5) is 19.9. The average Bonchev–Trinajstić information content (AvgIpc) is 2.81. The highest BCUT2D eigenvalue weighted by atomic mass is 35.5. The summed E-state index contributed by atoms with van der Waals surface area (Å²) in [6.45, 7) is 0. The molecule has 1 N–H and O–H groups in total. The lowest BCUT2D eigenvalue weighted by molar-refractivity contribution is 1.23. The van der Waals surface area contributed by atoms with E-state index in [1.54, 1.807) is 18.2 Å². The van der Waals surface area contributed by atoms with Gasteiger partial charge in [-0.1, -0.05) is 17.7 Å². The molecule has 0 amide bonds. The second kappa shape index (κ2) is 3.98. The zero-order chi connectivity index (χ0) is 11.8. The molecule has 3 nitrogen and oxygen atoms in total. The van der Waals surface area contributed by atoms with Crippen LogP contribution in [0.15, 0.2) is 40.5 Å². The molecule has 0 aliphatic rings. The summed E-state index contributed by atoms with van der Waals surface area (Å²) in [6, 6.07) is 9.03. The van der Waals surface area contributed by atoms with Crippen LogP contribution in [0.1, 0.15) is 0 Å². The molecule has 1 aromatic carbocycles. The maximum Gasteiger partial charge on any atom is 0.275 e. The number of thiophene rings is 1. The lowest BCUT2D eigenvalue weighted by Gasteiger charge is -2.00. The SMILES string of the molecule is O=c1[nH]c2cc(Cl)ccc2nc1-c1cccs1. The standard InChI is InChI=1S/C12H7ClN2OS/c13-7-3-4-8-9(6-7)15-12(16)11(14-8)10-2-1-5-17-10/h1-6H,(H,15,16). The predicted molar refractivity (Wildman–Crippen MR) is 70.7 cm³/mol. The van der Waals surface area contributed by atoms with Crippen molar-refractivity contribution in [1.82, 2.24) is 9.97 Å². The molecule has 2 aromatic heterocycles. The molecular weight excluding hydrogens is 256 g/mol. The number of hydrogen-bond donors (Lipinski definition) is 1. The van der Waals surface area contributed by atoms with Gasteiger partial charge in [0.1, 0.15) is 5.69 Å². The average molecular weight is 263 g/mol. The van der Waals surface area contributed by atoms with Crippen LogP contribution in [-0.2, 0) is 0 Å². The Balaban J connectivity index is 2.32. The van der Waals surface area contributed by atoms with Crippen molar-refractivity contribution in [2.75, 3.05) is 0 Å². The second-order valence-electron chi connectivity index (χ2n) is 3.55. The topological polar surface area (TPSA) is 45.8 Å². The van der Waals surface area contributed by atoms with Crippen LogP contribution in [0.4, 0.5) is 0 Å². The lowest BCUT2D eigenvalue weighted by Crippen LogP contribution is -2.10. The van der Waals surface area contributed by atoms with Crippen LogP contribution >= 0.6 is 22.9 Å². The van der Waals surface area contributed by atoms with Gasteiger partial charge in [0.25, 0.3) is 5.56 Å². The monoisotopic (exact) mass is 262 g/mol. The van der Waals surface area contributed by atoms with Crippen LogP contribution in [0.5, 0.6) is 0 Å². The second-order valence-corrected chi connectivity index (χ2v) is 4.94. The summed E-state index contributed by atoms with van der Waals surface area (Å²) in [5.41, 5.74) is 1.65. The molecule has 84 valence electrons. The Morgan fingerprint density at radius 1 is 1.29 bits per heavy atom. The van der Waals surface area contributed by atoms with Gasteiger partial charge in [-0.15, -0.1) is 11.3 Å². The van der Waals surface area contributed by atoms with Crippen LogP contribution in [0.3, 0.4) is 0 Å². The minimum atomic E-state index is -0.192. The number of rotatable bonds is 1. The highest BCUT2D eigenvalue weighted by Gasteiger charge is 2.08. The van der Waals surface area contributed by atoms with Gasteiger partial charge in [-0.3, -0.25) is 4.79 Å². The van der Waals surface area contributed by atoms with Gasteiger partial charge in [0.2, 0.25) is 0 Å². The molecule has 0 fully saturated rings. The van der Waals surface area contributed by atoms with Crippen LogP contribution < -0.4 is 5.56 Å². The Morgan fingerprint density at radius 2 is 2.18 bits per heavy atom. The van der Waals surface area contributed by atoms with Crippen LogP contribution in [0.2, 0.25) is 5.02 Å². The Hall–Kier alpha value is -1.65. The number of nitrogens with one attached hydrogen (secondary N) is 1. The molecule has 0 aliphatic carbocycles. The Kier molecular flexibility index (Phi) is 2.46. The fourth-order valence-electron chi connectivity index (χ4n) is 1.64. The van der Waals surface area contributed by atoms with Crippen molar-refractivity contribution in [1.29, 1.82) is 0 Å². The van der Waals surface area contributed by atoms with Crippen molar-refractivity contribution in [3.05, 3.63) is 51.1 Å². The minimum Gasteiger partial charge on any atom is -0.319 e. The van der Waals surface area contributed by atoms with Gasteiger partial charge in [-0.25, -0.2) is 4.98 Å². The number of fused-ring (bicyclic) bond motifs is 1. The predicted octanol–water partition coefficient (Wildman–Crippen LogP) is 3.31. The molecule has 0 spiro atoms. The van der Waals surface area contributed by atoms with Crippen LogP contribution in [0, 0.1) is 0 Å². The molecule has 3 aromatic rings. The Labute approximate surface area is 106 Å². The van der Waals surface area contributed by atoms with Gasteiger partial charge >= 0.3 is 0 Å². The summed E-state index contributed by atoms with van der Waals surface area (Å²) in [6.07, 6.45) is 0. The molecule has 0 aliphatic heterocycles. The largest absolute Gasteiger partial charge is 0.319 e. The van der Waals surface area contributed by atoms with E-state index in [9.17, 15) is 4.79 Å². The molecule has 3 rings (SSSR count). The van der Waals surface area contributed by atoms with Gasteiger partial charge < -0.3 is 4.98 Å². The molecule has 0 bridgehead atoms. The molecule has 0 atom stereocenters. The molecule has 0 saturated carbocycles. The van der Waals surface area contributed by atoms with Gasteiger partial charge in [-0.05, 0) is 29.6 Å². The highest BCUT2D eigenvalue weighted by molar-refractivity contribution is 7.13. The number of aromatic amines is 1. The fraction of sp³-hybridized carbons (Fsp3) is 0. The van der Waals surface area contributed by atoms with Crippen molar-refractivity contribution in [2.24, 2.45) is 0 Å². The number of benzene rings is 1. The molecule has 0 unspecified atom stereocenters. The quantitative estimate of drug-likeness (QED) is 0.731. The lowest BCUT2D eigenvalue weighted by atomic mass is 10.3. The first kappa shape index (κ1) is 10.5. The zero-order valence-electron chi connectivity index (χ0n) is 8.61. The van der Waals surface area contributed by atoms with Gasteiger partial charge in [-0.2, -0.15) is 0 Å². The minimum absolute atomic E-state index is 0.192. The third kappa shape index (κ3) is 1.85. The third-order valence-electron chi connectivity index (χ3n) is 2.41. The summed E-state index contributed by atoms with van der Waals surface area (Å²) >= 11 is 7.36. The van der Waals surface area contributed by atoms with E-state index in [4.69, 9.17) is 11.6 Å². The first-order valence-corrected chi connectivity index (χ1v) is 6.23. The molecule has 0 saturated heterocycles. The first-order valence-electron chi connectivity index (χ1n) is 4.97. The van der Waals surface area contributed by atoms with E-state index in [1.165, 1.54) is 11.3 Å². The summed E-state index contributed by atoms with van der Waals surface area (Å²) in [5.74, 6) is 0. The van der Waals surface area contributed by atoms with E-state index in [2.05, 4.69) is 9.97 Å². The molecule has 17 heavy (non-hydrogen) atoms. The number of halogens is 1. The van der Waals surface area contributed by atoms with E-state index < -0.39 is 0 Å². The van der Waals surface area contributed by atoms with E-state index in [0.29, 0.717) is 16.2 Å². The van der Waals surface area contributed by atoms with Crippen molar-refractivity contribution in [2.45, 2.75) is 0 Å². The van der Waals surface area contributed by atoms with Crippen LogP contribution in [-0.4, -0.2) is 9.97 Å². The van der Waals surface area contributed by atoms with Crippen molar-refractivity contribution in [3.8, 4) is 10.6 Å². The Bertz CT molecular complexity index is 734. The smallest absolute Gasteiger partial charge is 0.275 e. The summed E-state index contributed by atoms with van der Waals surface area (Å²) in [5, 5.41) is 2.50. The van der Waals surface area contributed by atoms with Gasteiger partial charge in [0.15, 0.2) is 0 Å². The van der Waals surface area contributed by atoms with E-state index in [-0.39, 0.29) is 5.56 Å². The van der Waals surface area contributed by atoms with Gasteiger partial charge in [0, 0.05) is 5.02 Å². The number of H-pyrrole nitrogens is 1. The third-order valence-corrected chi connectivity index (χ3v) is 3.52. The Morgan fingerprint density at radius 3 is 2.94 bits per heavy atom. The van der Waals surface area contributed by atoms with Crippen molar-refractivity contribution in [3.63, 3.8) is 0 Å². The first-order chi connectivity index (χ1) is 8.24. The zero-order valence-corrected chi connectivity index (χ0v) is 10.2. The summed E-state index contributed by atoms with van der Waals surface area (Å²) in [7, 11) is 0. The number of nitrogens with zero attached hydrogens (tertiary/aromatic N) is 1. The molecule has 5 heteroatoms. The van der Waals surface area contributed by atoms with E-state index in [1.807, 2.05) is 17.5 Å². The normalized spacial score (nSPS) is 10.9. The fourth-order valence-corrected chi connectivity index (χ4v) is 2.52. The number of hydrogen-bond acceptors (Lipinski definition) is 3. The van der Waals surface area contributed by atoms with E-state index >= 15 is 0 Å². The van der Waals surface area contributed by atoms with Crippen LogP contribution in [0.25, 0.3) is 21.6 Å². The molecule has 2 heterocycles. The van der Waals surface area contributed by atoms with E-state index in [0.717, 1.165) is 10.4 Å².